The number of nitriles is 1. The second-order valence-corrected chi connectivity index (χ2v) is 2.78. The number of nitrogens with zero attached hydrogens (tertiary/aromatic N) is 2. The van der Waals surface area contributed by atoms with Crippen LogP contribution in [0.5, 0.6) is 0 Å². The zero-order valence-electron chi connectivity index (χ0n) is 6.97. The zero-order chi connectivity index (χ0) is 11.6. The molecule has 1 aromatic rings. The summed E-state index contributed by atoms with van der Waals surface area (Å²) in [5.41, 5.74) is -2.52. The highest BCUT2D eigenvalue weighted by atomic mass is 35.5. The fourth-order valence-corrected chi connectivity index (χ4v) is 1.14. The van der Waals surface area contributed by atoms with Gasteiger partial charge >= 0.3 is 0 Å². The van der Waals surface area contributed by atoms with E-state index in [0.717, 1.165) is 0 Å². The van der Waals surface area contributed by atoms with E-state index in [1.807, 2.05) is 0 Å². The van der Waals surface area contributed by atoms with Crippen LogP contribution in [-0.4, -0.2) is 10.2 Å². The summed E-state index contributed by atoms with van der Waals surface area (Å²) < 4.78 is 37.6. The largest absolute Gasteiger partial charge is 0.275 e. The molecule has 3 nitrogen and oxygen atoms in total. The van der Waals surface area contributed by atoms with Crippen LogP contribution < -0.4 is 0 Å². The summed E-state index contributed by atoms with van der Waals surface area (Å²) in [5, 5.41) is 7.20. The molecule has 0 saturated carbocycles. The maximum atomic E-state index is 12.9. The molecule has 0 unspecified atom stereocenters. The second kappa shape index (κ2) is 4.28. The first-order chi connectivity index (χ1) is 6.99. The average molecular weight is 235 g/mol. The van der Waals surface area contributed by atoms with Crippen molar-refractivity contribution in [2.45, 2.75) is 6.43 Å². The maximum absolute atomic E-state index is 12.9. The van der Waals surface area contributed by atoms with Gasteiger partial charge in [-0.3, -0.25) is 4.79 Å². The summed E-state index contributed by atoms with van der Waals surface area (Å²) in [6, 6.07) is 1.30. The van der Waals surface area contributed by atoms with Gasteiger partial charge in [-0.05, 0) is 11.6 Å². The Balaban J connectivity index is 3.56. The fourth-order valence-electron chi connectivity index (χ4n) is 0.968. The normalized spacial score (nSPS) is 10.1. The average Bonchev–Trinajstić information content (AvgIpc) is 2.15. The molecule has 0 amide bonds. The van der Waals surface area contributed by atoms with Crippen LogP contribution in [0.25, 0.3) is 0 Å². The molecule has 1 rings (SSSR count). The number of halogens is 4. The quantitative estimate of drug-likeness (QED) is 0.583. The lowest BCUT2D eigenvalue weighted by atomic mass is 10.1. The molecule has 0 aliphatic carbocycles. The number of rotatable bonds is 2. The smallest absolute Gasteiger partial charge is 0.266 e. The van der Waals surface area contributed by atoms with Gasteiger partial charge in [-0.2, -0.15) is 9.65 Å². The first-order valence-electron chi connectivity index (χ1n) is 3.55. The van der Waals surface area contributed by atoms with E-state index < -0.39 is 34.3 Å². The van der Waals surface area contributed by atoms with Gasteiger partial charge < -0.3 is 0 Å². The van der Waals surface area contributed by atoms with Crippen molar-refractivity contribution in [3.8, 4) is 6.07 Å². The Bertz CT molecular complexity index is 456. The molecule has 0 radical (unpaired) electrons. The van der Waals surface area contributed by atoms with Crippen LogP contribution in [0.3, 0.4) is 0 Å². The third-order valence-electron chi connectivity index (χ3n) is 1.61. The van der Waals surface area contributed by atoms with Crippen LogP contribution >= 0.6 is 11.6 Å². The minimum Gasteiger partial charge on any atom is -0.275 e. The zero-order valence-corrected chi connectivity index (χ0v) is 7.73. The maximum Gasteiger partial charge on any atom is 0.266 e. The van der Waals surface area contributed by atoms with Crippen LogP contribution in [0.4, 0.5) is 13.2 Å². The Morgan fingerprint density at radius 3 is 2.60 bits per heavy atom. The van der Waals surface area contributed by atoms with Crippen molar-refractivity contribution < 1.29 is 18.0 Å². The fraction of sp³-hybridized carbons (Fsp3) is 0.125. The van der Waals surface area contributed by atoms with Crippen LogP contribution in [0.15, 0.2) is 6.20 Å². The summed E-state index contributed by atoms with van der Waals surface area (Å²) >= 11 is 4.95. The highest BCUT2D eigenvalue weighted by molar-refractivity contribution is 6.68. The van der Waals surface area contributed by atoms with E-state index in [2.05, 4.69) is 4.98 Å². The van der Waals surface area contributed by atoms with Crippen LogP contribution in [-0.2, 0) is 0 Å². The Morgan fingerprint density at radius 2 is 2.20 bits per heavy atom. The molecule has 0 aliphatic heterocycles. The Morgan fingerprint density at radius 1 is 1.60 bits per heavy atom. The highest BCUT2D eigenvalue weighted by Crippen LogP contribution is 2.26. The van der Waals surface area contributed by atoms with Gasteiger partial charge in [0.25, 0.3) is 11.7 Å². The SMILES string of the molecule is N#Cc1c(C(F)F)cnc(F)c1C(=O)Cl. The lowest BCUT2D eigenvalue weighted by molar-refractivity contribution is 0.107. The van der Waals surface area contributed by atoms with Crippen molar-refractivity contribution in [2.75, 3.05) is 0 Å². The Hall–Kier alpha value is -1.61. The van der Waals surface area contributed by atoms with Crippen molar-refractivity contribution in [3.63, 3.8) is 0 Å². The molecular weight excluding hydrogens is 233 g/mol. The first-order valence-corrected chi connectivity index (χ1v) is 3.93. The van der Waals surface area contributed by atoms with Gasteiger partial charge in [0.15, 0.2) is 0 Å². The summed E-state index contributed by atoms with van der Waals surface area (Å²) in [7, 11) is 0. The van der Waals surface area contributed by atoms with E-state index in [1.54, 1.807) is 0 Å². The number of aromatic nitrogens is 1. The van der Waals surface area contributed by atoms with Gasteiger partial charge in [0.05, 0.1) is 11.1 Å². The molecule has 7 heteroatoms. The van der Waals surface area contributed by atoms with Crippen LogP contribution in [0, 0.1) is 17.3 Å². The third-order valence-corrected chi connectivity index (χ3v) is 1.79. The van der Waals surface area contributed by atoms with E-state index in [1.165, 1.54) is 6.07 Å². The highest BCUT2D eigenvalue weighted by Gasteiger charge is 2.23. The van der Waals surface area contributed by atoms with E-state index in [9.17, 15) is 18.0 Å². The molecule has 0 fully saturated rings. The number of hydrogen-bond donors (Lipinski definition) is 0. The van der Waals surface area contributed by atoms with Gasteiger partial charge in [0.1, 0.15) is 11.6 Å². The molecule has 0 atom stereocenters. The van der Waals surface area contributed by atoms with Gasteiger partial charge in [0, 0.05) is 6.20 Å². The molecule has 78 valence electrons. The summed E-state index contributed by atoms with van der Waals surface area (Å²) in [6.45, 7) is 0. The van der Waals surface area contributed by atoms with Gasteiger partial charge in [-0.1, -0.05) is 0 Å². The van der Waals surface area contributed by atoms with Crippen molar-refractivity contribution >= 4 is 16.8 Å². The summed E-state index contributed by atoms with van der Waals surface area (Å²) in [6.07, 6.45) is -2.52. The number of pyridine rings is 1. The number of carbonyl (C=O) groups excluding carboxylic acids is 1. The molecule has 15 heavy (non-hydrogen) atoms. The van der Waals surface area contributed by atoms with Crippen LogP contribution in [0.1, 0.15) is 27.9 Å². The van der Waals surface area contributed by atoms with Crippen molar-refractivity contribution in [1.29, 1.82) is 5.26 Å². The minimum absolute atomic E-state index is 0.502. The van der Waals surface area contributed by atoms with E-state index in [0.29, 0.717) is 6.20 Å². The van der Waals surface area contributed by atoms with E-state index in [-0.39, 0.29) is 0 Å². The molecule has 0 saturated heterocycles. The van der Waals surface area contributed by atoms with Crippen molar-refractivity contribution in [2.24, 2.45) is 0 Å². The van der Waals surface area contributed by atoms with Gasteiger partial charge in [0.2, 0.25) is 5.95 Å². The standard InChI is InChI=1S/C8H2ClF3N2O/c9-6(15)5-3(1-13)4(7(10)11)2-14-8(5)12/h2,7H. The van der Waals surface area contributed by atoms with Crippen LogP contribution in [0.2, 0.25) is 0 Å². The minimum atomic E-state index is -3.03. The molecule has 1 heterocycles. The second-order valence-electron chi connectivity index (χ2n) is 2.44. The molecule has 1 aromatic heterocycles. The third kappa shape index (κ3) is 2.07. The molecular formula is C8H2ClF3N2O. The predicted molar refractivity (Wildman–Crippen MR) is 44.1 cm³/mol. The summed E-state index contributed by atoms with van der Waals surface area (Å²) in [5.74, 6) is -1.34. The molecule has 0 aliphatic rings. The number of hydrogen-bond acceptors (Lipinski definition) is 3. The number of alkyl halides is 2. The first kappa shape index (κ1) is 11.5. The van der Waals surface area contributed by atoms with Gasteiger partial charge in [-0.25, -0.2) is 13.8 Å². The molecule has 0 spiro atoms. The Labute approximate surface area is 87.1 Å². The van der Waals surface area contributed by atoms with Crippen molar-refractivity contribution in [3.05, 3.63) is 28.8 Å². The number of carbonyl (C=O) groups is 1. The van der Waals surface area contributed by atoms with E-state index in [4.69, 9.17) is 16.9 Å². The molecule has 0 aromatic carbocycles. The lowest BCUT2D eigenvalue weighted by Crippen LogP contribution is -2.06. The molecule has 0 bridgehead atoms. The summed E-state index contributed by atoms with van der Waals surface area (Å²) in [4.78, 5) is 13.6. The predicted octanol–water partition coefficient (Wildman–Crippen LogP) is 2.41. The Kier molecular flexibility index (Phi) is 3.27. The lowest BCUT2D eigenvalue weighted by Gasteiger charge is -2.05. The van der Waals surface area contributed by atoms with Gasteiger partial charge in [-0.15, -0.1) is 0 Å². The topological polar surface area (TPSA) is 53.8 Å². The monoisotopic (exact) mass is 234 g/mol. The molecule has 0 N–H and O–H groups in total. The van der Waals surface area contributed by atoms with E-state index >= 15 is 0 Å². The van der Waals surface area contributed by atoms with Crippen molar-refractivity contribution in [1.82, 2.24) is 4.98 Å².